The van der Waals surface area contributed by atoms with Gasteiger partial charge in [0.1, 0.15) is 5.69 Å². The second-order valence-electron chi connectivity index (χ2n) is 7.33. The van der Waals surface area contributed by atoms with E-state index in [9.17, 15) is 14.9 Å². The zero-order chi connectivity index (χ0) is 18.5. The van der Waals surface area contributed by atoms with Crippen LogP contribution in [-0.4, -0.2) is 55.5 Å². The van der Waals surface area contributed by atoms with Crippen LogP contribution in [0.25, 0.3) is 0 Å². The third kappa shape index (κ3) is 4.33. The molecule has 1 heterocycles. The van der Waals surface area contributed by atoms with Crippen LogP contribution in [0.15, 0.2) is 18.2 Å². The number of benzene rings is 1. The van der Waals surface area contributed by atoms with Gasteiger partial charge < -0.3 is 10.2 Å². The topological polar surface area (TPSA) is 78.7 Å². The number of nitro groups is 1. The van der Waals surface area contributed by atoms with Gasteiger partial charge in [0.05, 0.1) is 4.92 Å². The standard InChI is InChI=1S/C19H28N4O3/c1-20-19(24)16-7-8-17(18(13-16)23(25)26)22-11-9-21(10-12-22)14-15-5-3-2-4-6-15/h7-8,13,15H,2-6,9-12,14H2,1H3,(H,20,24). The maximum atomic E-state index is 11.8. The van der Waals surface area contributed by atoms with Gasteiger partial charge >= 0.3 is 0 Å². The molecule has 1 amide bonds. The van der Waals surface area contributed by atoms with Gasteiger partial charge in [-0.2, -0.15) is 0 Å². The second-order valence-corrected chi connectivity index (χ2v) is 7.33. The number of hydrogen-bond acceptors (Lipinski definition) is 5. The number of carbonyl (C=O) groups excluding carboxylic acids is 1. The predicted molar refractivity (Wildman–Crippen MR) is 102 cm³/mol. The second kappa shape index (κ2) is 8.49. The van der Waals surface area contributed by atoms with E-state index in [1.807, 2.05) is 0 Å². The van der Waals surface area contributed by atoms with E-state index in [0.29, 0.717) is 11.3 Å². The van der Waals surface area contributed by atoms with Crippen molar-refractivity contribution in [1.29, 1.82) is 0 Å². The summed E-state index contributed by atoms with van der Waals surface area (Å²) in [5.74, 6) is 0.508. The molecule has 7 nitrogen and oxygen atoms in total. The molecule has 0 spiro atoms. The molecule has 1 saturated heterocycles. The van der Waals surface area contributed by atoms with E-state index in [4.69, 9.17) is 0 Å². The highest BCUT2D eigenvalue weighted by molar-refractivity contribution is 5.95. The van der Waals surface area contributed by atoms with Crippen molar-refractivity contribution in [3.63, 3.8) is 0 Å². The van der Waals surface area contributed by atoms with E-state index in [0.717, 1.165) is 38.6 Å². The minimum Gasteiger partial charge on any atom is -0.363 e. The minimum absolute atomic E-state index is 0.00632. The summed E-state index contributed by atoms with van der Waals surface area (Å²) in [7, 11) is 1.52. The quantitative estimate of drug-likeness (QED) is 0.645. The number of amides is 1. The molecule has 2 fully saturated rings. The van der Waals surface area contributed by atoms with Crippen LogP contribution < -0.4 is 10.2 Å². The van der Waals surface area contributed by atoms with Crippen LogP contribution >= 0.6 is 0 Å². The lowest BCUT2D eigenvalue weighted by atomic mass is 9.89. The highest BCUT2D eigenvalue weighted by atomic mass is 16.6. The van der Waals surface area contributed by atoms with E-state index in [2.05, 4.69) is 15.1 Å². The number of anilines is 1. The SMILES string of the molecule is CNC(=O)c1ccc(N2CCN(CC3CCCCC3)CC2)c([N+](=O)[O-])c1. The summed E-state index contributed by atoms with van der Waals surface area (Å²) in [6.45, 7) is 4.60. The van der Waals surface area contributed by atoms with Gasteiger partial charge in [0.15, 0.2) is 0 Å². The average molecular weight is 360 g/mol. The van der Waals surface area contributed by atoms with Crippen molar-refractivity contribution in [2.24, 2.45) is 5.92 Å². The molecule has 26 heavy (non-hydrogen) atoms. The Bertz CT molecular complexity index is 650. The Kier molecular flexibility index (Phi) is 6.08. The highest BCUT2D eigenvalue weighted by Crippen LogP contribution is 2.31. The Labute approximate surface area is 154 Å². The molecule has 1 aromatic carbocycles. The van der Waals surface area contributed by atoms with Crippen LogP contribution in [-0.2, 0) is 0 Å². The summed E-state index contributed by atoms with van der Waals surface area (Å²) in [5, 5.41) is 14.0. The van der Waals surface area contributed by atoms with Crippen LogP contribution in [0.5, 0.6) is 0 Å². The van der Waals surface area contributed by atoms with Crippen molar-refractivity contribution in [3.05, 3.63) is 33.9 Å². The van der Waals surface area contributed by atoms with Crippen LogP contribution in [0.4, 0.5) is 11.4 Å². The van der Waals surface area contributed by atoms with E-state index in [1.165, 1.54) is 45.2 Å². The maximum absolute atomic E-state index is 11.8. The molecular weight excluding hydrogens is 332 g/mol. The summed E-state index contributed by atoms with van der Waals surface area (Å²) in [5.41, 5.74) is 0.936. The molecule has 142 valence electrons. The lowest BCUT2D eigenvalue weighted by Gasteiger charge is -2.38. The number of hydrogen-bond donors (Lipinski definition) is 1. The van der Waals surface area contributed by atoms with Crippen molar-refractivity contribution in [1.82, 2.24) is 10.2 Å². The number of carbonyl (C=O) groups is 1. The van der Waals surface area contributed by atoms with Crippen molar-refractivity contribution < 1.29 is 9.72 Å². The van der Waals surface area contributed by atoms with Gasteiger partial charge in [-0.25, -0.2) is 0 Å². The fourth-order valence-electron chi connectivity index (χ4n) is 4.13. The van der Waals surface area contributed by atoms with Crippen LogP contribution in [0.1, 0.15) is 42.5 Å². The molecule has 0 atom stereocenters. The molecule has 0 aromatic heterocycles. The Morgan fingerprint density at radius 1 is 1.19 bits per heavy atom. The molecule has 1 N–H and O–H groups in total. The third-order valence-corrected chi connectivity index (χ3v) is 5.62. The first-order valence-electron chi connectivity index (χ1n) is 9.56. The maximum Gasteiger partial charge on any atom is 0.293 e. The lowest BCUT2D eigenvalue weighted by Crippen LogP contribution is -2.48. The number of nitrogens with one attached hydrogen (secondary N) is 1. The summed E-state index contributed by atoms with van der Waals surface area (Å²) >= 11 is 0. The molecule has 2 aliphatic rings. The molecule has 1 aliphatic heterocycles. The number of nitro benzene ring substituents is 1. The van der Waals surface area contributed by atoms with E-state index in [-0.39, 0.29) is 11.6 Å². The first kappa shape index (κ1) is 18.6. The first-order chi connectivity index (χ1) is 12.6. The molecule has 1 aromatic rings. The summed E-state index contributed by atoms with van der Waals surface area (Å²) in [6.07, 6.45) is 6.77. The lowest BCUT2D eigenvalue weighted by molar-refractivity contribution is -0.384. The van der Waals surface area contributed by atoms with Gasteiger partial charge in [0, 0.05) is 51.4 Å². The number of rotatable bonds is 5. The van der Waals surface area contributed by atoms with Crippen molar-refractivity contribution in [3.8, 4) is 0 Å². The molecule has 0 bridgehead atoms. The molecule has 3 rings (SSSR count). The number of piperazine rings is 1. The molecular formula is C19H28N4O3. The highest BCUT2D eigenvalue weighted by Gasteiger charge is 2.26. The zero-order valence-corrected chi connectivity index (χ0v) is 15.4. The van der Waals surface area contributed by atoms with E-state index >= 15 is 0 Å². The van der Waals surface area contributed by atoms with Crippen molar-refractivity contribution >= 4 is 17.3 Å². The van der Waals surface area contributed by atoms with Gasteiger partial charge in [0.2, 0.25) is 0 Å². The molecule has 0 unspecified atom stereocenters. The Hall–Kier alpha value is -2.15. The van der Waals surface area contributed by atoms with E-state index < -0.39 is 4.92 Å². The normalized spacial score (nSPS) is 19.3. The van der Waals surface area contributed by atoms with Gasteiger partial charge in [-0.15, -0.1) is 0 Å². The largest absolute Gasteiger partial charge is 0.363 e. The van der Waals surface area contributed by atoms with Gasteiger partial charge in [-0.1, -0.05) is 19.3 Å². The monoisotopic (exact) mass is 360 g/mol. The van der Waals surface area contributed by atoms with Gasteiger partial charge in [-0.05, 0) is 30.9 Å². The zero-order valence-electron chi connectivity index (χ0n) is 15.4. The number of nitrogens with zero attached hydrogens (tertiary/aromatic N) is 3. The summed E-state index contributed by atoms with van der Waals surface area (Å²) in [4.78, 5) is 27.4. The van der Waals surface area contributed by atoms with Crippen molar-refractivity contribution in [2.45, 2.75) is 32.1 Å². The van der Waals surface area contributed by atoms with Crippen molar-refractivity contribution in [2.75, 3.05) is 44.7 Å². The van der Waals surface area contributed by atoms with Crippen LogP contribution in [0.2, 0.25) is 0 Å². The van der Waals surface area contributed by atoms with Crippen LogP contribution in [0.3, 0.4) is 0 Å². The smallest absolute Gasteiger partial charge is 0.293 e. The summed E-state index contributed by atoms with van der Waals surface area (Å²) < 4.78 is 0. The molecule has 7 heteroatoms. The fraction of sp³-hybridized carbons (Fsp3) is 0.632. The van der Waals surface area contributed by atoms with Crippen LogP contribution in [0, 0.1) is 16.0 Å². The summed E-state index contributed by atoms with van der Waals surface area (Å²) in [6, 6.07) is 4.75. The molecule has 1 aliphatic carbocycles. The van der Waals surface area contributed by atoms with Gasteiger partial charge in [-0.3, -0.25) is 19.8 Å². The molecule has 1 saturated carbocycles. The third-order valence-electron chi connectivity index (χ3n) is 5.62. The Morgan fingerprint density at radius 2 is 1.88 bits per heavy atom. The van der Waals surface area contributed by atoms with E-state index in [1.54, 1.807) is 12.1 Å². The fourth-order valence-corrected chi connectivity index (χ4v) is 4.13. The average Bonchev–Trinajstić information content (AvgIpc) is 2.68. The molecule has 0 radical (unpaired) electrons. The predicted octanol–water partition coefficient (Wildman–Crippen LogP) is 2.66. The Balaban J connectivity index is 1.64. The first-order valence-corrected chi connectivity index (χ1v) is 9.56. The van der Waals surface area contributed by atoms with Gasteiger partial charge in [0.25, 0.3) is 11.6 Å². The Morgan fingerprint density at radius 3 is 2.50 bits per heavy atom. The minimum atomic E-state index is -0.393.